The summed E-state index contributed by atoms with van der Waals surface area (Å²) in [7, 11) is 0. The van der Waals surface area contributed by atoms with Crippen molar-refractivity contribution < 1.29 is 0 Å². The first-order valence-electron chi connectivity index (χ1n) is 11.1. The molecule has 0 saturated heterocycles. The van der Waals surface area contributed by atoms with Gasteiger partial charge in [0.25, 0.3) is 0 Å². The molecule has 0 aliphatic carbocycles. The van der Waals surface area contributed by atoms with Gasteiger partial charge >= 0.3 is 167 Å². The molecule has 6 nitrogen and oxygen atoms in total. The fourth-order valence-electron chi connectivity index (χ4n) is 3.97. The molecule has 0 aliphatic rings. The van der Waals surface area contributed by atoms with Crippen LogP contribution in [-0.4, -0.2) is 35.6 Å². The molecule has 3 rings (SSSR count). The zero-order valence-electron chi connectivity index (χ0n) is 19.4. The standard InChI is InChI=1S/C24H35AsN6/c1-6-25(7-2)12-8-9-15(3)28-24-29-16(4)13-21(31-24)22-17(5)30-20-11-10-18(26)14-19(20)23(22)27/h10-11,13-15H,6-9,12,26H2,1-5H3,(H2,27,30)(H,28,29,31). The van der Waals surface area contributed by atoms with Gasteiger partial charge in [0.15, 0.2) is 0 Å². The van der Waals surface area contributed by atoms with E-state index in [2.05, 4.69) is 31.1 Å². The van der Waals surface area contributed by atoms with Crippen molar-refractivity contribution in [3.63, 3.8) is 0 Å². The van der Waals surface area contributed by atoms with E-state index in [9.17, 15) is 0 Å². The molecule has 0 bridgehead atoms. The van der Waals surface area contributed by atoms with Gasteiger partial charge in [0, 0.05) is 5.69 Å². The number of hydrogen-bond donors (Lipinski definition) is 3. The number of fused-ring (bicyclic) bond motifs is 1. The molecule has 1 aromatic carbocycles. The number of nitrogen functional groups attached to an aromatic ring is 2. The zero-order chi connectivity index (χ0) is 22.5. The predicted molar refractivity (Wildman–Crippen MR) is 135 cm³/mol. The van der Waals surface area contributed by atoms with Gasteiger partial charge in [-0.1, -0.05) is 0 Å². The van der Waals surface area contributed by atoms with E-state index in [-0.39, 0.29) is 0 Å². The zero-order valence-corrected chi connectivity index (χ0v) is 21.2. The van der Waals surface area contributed by atoms with Gasteiger partial charge in [-0.3, -0.25) is 0 Å². The molecular weight excluding hydrogens is 447 g/mol. The number of rotatable bonds is 9. The average Bonchev–Trinajstić information content (AvgIpc) is 2.71. The fraction of sp³-hybridized carbons (Fsp3) is 0.458. The Balaban J connectivity index is 1.84. The Labute approximate surface area is 190 Å². The van der Waals surface area contributed by atoms with Crippen molar-refractivity contribution in [3.8, 4) is 11.3 Å². The molecule has 166 valence electrons. The van der Waals surface area contributed by atoms with Crippen molar-refractivity contribution >= 4 is 42.9 Å². The van der Waals surface area contributed by atoms with Gasteiger partial charge in [-0.05, 0) is 12.1 Å². The molecule has 0 spiro atoms. The summed E-state index contributed by atoms with van der Waals surface area (Å²) in [5.74, 6) is 0.648. The summed E-state index contributed by atoms with van der Waals surface area (Å²) in [5.41, 5.74) is 18.1. The molecule has 0 aliphatic heterocycles. The van der Waals surface area contributed by atoms with E-state index >= 15 is 0 Å². The van der Waals surface area contributed by atoms with Crippen LogP contribution in [0.3, 0.4) is 0 Å². The van der Waals surface area contributed by atoms with Gasteiger partial charge in [0.05, 0.1) is 0 Å². The monoisotopic (exact) mass is 482 g/mol. The second kappa shape index (κ2) is 10.3. The van der Waals surface area contributed by atoms with Crippen molar-refractivity contribution in [2.24, 2.45) is 0 Å². The van der Waals surface area contributed by atoms with Crippen LogP contribution in [0.5, 0.6) is 0 Å². The van der Waals surface area contributed by atoms with E-state index in [1.165, 1.54) is 22.0 Å². The van der Waals surface area contributed by atoms with Gasteiger partial charge in [-0.2, -0.15) is 0 Å². The minimum absolute atomic E-state index is 0.326. The summed E-state index contributed by atoms with van der Waals surface area (Å²) in [6.45, 7) is 10.9. The number of pyridine rings is 1. The van der Waals surface area contributed by atoms with Gasteiger partial charge in [0.1, 0.15) is 0 Å². The molecule has 1 atom stereocenters. The Morgan fingerprint density at radius 2 is 1.77 bits per heavy atom. The molecule has 2 aromatic heterocycles. The van der Waals surface area contributed by atoms with Crippen LogP contribution in [0, 0.1) is 13.8 Å². The number of benzene rings is 1. The summed E-state index contributed by atoms with van der Waals surface area (Å²) in [6.07, 6.45) is 2.41. The van der Waals surface area contributed by atoms with E-state index < -0.39 is 14.7 Å². The van der Waals surface area contributed by atoms with E-state index in [1.807, 2.05) is 38.1 Å². The number of nitrogens with one attached hydrogen (secondary N) is 1. The molecule has 1 unspecified atom stereocenters. The van der Waals surface area contributed by atoms with Crippen molar-refractivity contribution in [2.45, 2.75) is 69.1 Å². The van der Waals surface area contributed by atoms with Crippen LogP contribution in [0.25, 0.3) is 22.2 Å². The van der Waals surface area contributed by atoms with E-state index in [1.54, 1.807) is 0 Å². The number of nitrogens with two attached hydrogens (primary N) is 2. The summed E-state index contributed by atoms with van der Waals surface area (Å²) in [5, 5.41) is 8.59. The molecule has 0 amide bonds. The maximum absolute atomic E-state index is 6.57. The molecule has 2 heterocycles. The third-order valence-corrected chi connectivity index (χ3v) is 11.5. The van der Waals surface area contributed by atoms with Gasteiger partial charge in [-0.25, -0.2) is 0 Å². The summed E-state index contributed by atoms with van der Waals surface area (Å²) >= 11 is -0.585. The van der Waals surface area contributed by atoms with Crippen LogP contribution >= 0.6 is 0 Å². The molecule has 0 radical (unpaired) electrons. The third kappa shape index (κ3) is 5.68. The number of aryl methyl sites for hydroxylation is 2. The fourth-order valence-corrected chi connectivity index (χ4v) is 7.56. The molecular formula is C24H35AsN6. The van der Waals surface area contributed by atoms with Crippen LogP contribution in [0.4, 0.5) is 17.3 Å². The van der Waals surface area contributed by atoms with E-state index in [0.717, 1.165) is 40.0 Å². The van der Waals surface area contributed by atoms with Crippen molar-refractivity contribution in [3.05, 3.63) is 35.7 Å². The summed E-state index contributed by atoms with van der Waals surface area (Å²) < 4.78 is 0. The Morgan fingerprint density at radius 1 is 1.03 bits per heavy atom. The Kier molecular flexibility index (Phi) is 7.77. The van der Waals surface area contributed by atoms with Crippen molar-refractivity contribution in [1.29, 1.82) is 0 Å². The van der Waals surface area contributed by atoms with E-state index in [4.69, 9.17) is 21.4 Å². The second-order valence-corrected chi connectivity index (χ2v) is 14.6. The molecule has 31 heavy (non-hydrogen) atoms. The van der Waals surface area contributed by atoms with Gasteiger partial charge in [-0.15, -0.1) is 0 Å². The molecule has 7 heteroatoms. The predicted octanol–water partition coefficient (Wildman–Crippen LogP) is 5.59. The van der Waals surface area contributed by atoms with Crippen LogP contribution in [0.1, 0.15) is 45.0 Å². The molecule has 0 fully saturated rings. The Morgan fingerprint density at radius 3 is 2.48 bits per heavy atom. The maximum atomic E-state index is 6.57. The molecule has 5 N–H and O–H groups in total. The average molecular weight is 483 g/mol. The quantitative estimate of drug-likeness (QED) is 0.271. The third-order valence-electron chi connectivity index (χ3n) is 5.72. The van der Waals surface area contributed by atoms with Crippen LogP contribution in [-0.2, 0) is 0 Å². The second-order valence-electron chi connectivity index (χ2n) is 8.20. The van der Waals surface area contributed by atoms with Crippen molar-refractivity contribution in [1.82, 2.24) is 15.0 Å². The number of aromatic nitrogens is 3. The first-order chi connectivity index (χ1) is 14.8. The van der Waals surface area contributed by atoms with E-state index in [0.29, 0.717) is 23.4 Å². The number of anilines is 3. The summed E-state index contributed by atoms with van der Waals surface area (Å²) in [4.78, 5) is 14.2. The minimum atomic E-state index is -0.585. The number of hydrogen-bond acceptors (Lipinski definition) is 6. The van der Waals surface area contributed by atoms with Crippen LogP contribution in [0.2, 0.25) is 15.6 Å². The van der Waals surface area contributed by atoms with Crippen molar-refractivity contribution in [2.75, 3.05) is 16.8 Å². The summed E-state index contributed by atoms with van der Waals surface area (Å²) in [6, 6.07) is 7.92. The van der Waals surface area contributed by atoms with Crippen LogP contribution < -0.4 is 16.8 Å². The number of nitrogens with zero attached hydrogens (tertiary/aromatic N) is 3. The molecule has 0 saturated carbocycles. The Hall–Kier alpha value is -2.33. The van der Waals surface area contributed by atoms with Crippen LogP contribution in [0.15, 0.2) is 24.3 Å². The first-order valence-corrected chi connectivity index (χ1v) is 15.1. The SMILES string of the molecule is CC[As](CC)CCCC(C)Nc1nc(C)cc(-c2c(C)nc3ccc(N)cc3c2N)n1. The van der Waals surface area contributed by atoms with Gasteiger partial charge < -0.3 is 5.73 Å². The first kappa shape index (κ1) is 23.3. The van der Waals surface area contributed by atoms with Gasteiger partial charge in [0.2, 0.25) is 0 Å². The normalized spacial score (nSPS) is 12.5. The molecule has 3 aromatic rings. The Bertz CT molecular complexity index is 1050. The topological polar surface area (TPSA) is 103 Å².